The van der Waals surface area contributed by atoms with E-state index in [1.807, 2.05) is 19.9 Å². The van der Waals surface area contributed by atoms with Gasteiger partial charge in [0.1, 0.15) is 0 Å². The van der Waals surface area contributed by atoms with Crippen LogP contribution in [0.25, 0.3) is 0 Å². The van der Waals surface area contributed by atoms with Crippen LogP contribution < -0.4 is 0 Å². The lowest BCUT2D eigenvalue weighted by molar-refractivity contribution is 0.0559. The van der Waals surface area contributed by atoms with E-state index in [1.165, 1.54) is 0 Å². The lowest BCUT2D eigenvalue weighted by atomic mass is 9.84. The third-order valence-electron chi connectivity index (χ3n) is 3.70. The molecule has 16 heavy (non-hydrogen) atoms. The van der Waals surface area contributed by atoms with E-state index < -0.39 is 15.4 Å². The van der Waals surface area contributed by atoms with Crippen LogP contribution in [0.5, 0.6) is 0 Å². The van der Waals surface area contributed by atoms with Crippen LogP contribution in [0.4, 0.5) is 0 Å². The van der Waals surface area contributed by atoms with Crippen molar-refractivity contribution in [2.24, 2.45) is 0 Å². The first-order valence-corrected chi connectivity index (χ1v) is 7.56. The van der Waals surface area contributed by atoms with Crippen LogP contribution in [0, 0.1) is 0 Å². The van der Waals surface area contributed by atoms with Gasteiger partial charge < -0.3 is 5.11 Å². The van der Waals surface area contributed by atoms with Crippen LogP contribution in [-0.4, -0.2) is 29.6 Å². The number of rotatable bonds is 1. The van der Waals surface area contributed by atoms with Gasteiger partial charge in [0.2, 0.25) is 0 Å². The van der Waals surface area contributed by atoms with Crippen molar-refractivity contribution in [1.29, 1.82) is 0 Å². The summed E-state index contributed by atoms with van der Waals surface area (Å²) >= 11 is 0. The number of aliphatic hydroxyl groups is 1. The third-order valence-corrected chi connectivity index (χ3v) is 6.36. The molecule has 2 aliphatic heterocycles. The van der Waals surface area contributed by atoms with Gasteiger partial charge in [-0.3, -0.25) is 0 Å². The normalized spacial score (nSPS) is 41.4. The molecule has 0 radical (unpaired) electrons. The highest BCUT2D eigenvalue weighted by Gasteiger charge is 2.49. The zero-order valence-electron chi connectivity index (χ0n) is 9.94. The summed E-state index contributed by atoms with van der Waals surface area (Å²) in [6.07, 6.45) is 5.04. The van der Waals surface area contributed by atoms with Gasteiger partial charge >= 0.3 is 0 Å². The molecule has 2 fully saturated rings. The Balaban J connectivity index is 2.31. The molecule has 92 valence electrons. The van der Waals surface area contributed by atoms with Gasteiger partial charge in [-0.2, -0.15) is 0 Å². The van der Waals surface area contributed by atoms with E-state index in [9.17, 15) is 13.5 Å². The maximum absolute atomic E-state index is 12.0. The van der Waals surface area contributed by atoms with Gasteiger partial charge in [0.05, 0.1) is 16.1 Å². The third kappa shape index (κ3) is 2.05. The highest BCUT2D eigenvalue weighted by molar-refractivity contribution is 7.92. The number of hydrogen-bond acceptors (Lipinski definition) is 3. The van der Waals surface area contributed by atoms with Crippen LogP contribution in [0.15, 0.2) is 11.6 Å². The topological polar surface area (TPSA) is 54.4 Å². The van der Waals surface area contributed by atoms with Gasteiger partial charge in [-0.15, -0.1) is 0 Å². The first-order chi connectivity index (χ1) is 7.33. The Morgan fingerprint density at radius 3 is 2.19 bits per heavy atom. The summed E-state index contributed by atoms with van der Waals surface area (Å²) in [6.45, 7) is 3.88. The molecule has 0 aromatic carbocycles. The highest BCUT2D eigenvalue weighted by atomic mass is 32.2. The van der Waals surface area contributed by atoms with Crippen LogP contribution in [0.3, 0.4) is 0 Å². The monoisotopic (exact) mass is 244 g/mol. The van der Waals surface area contributed by atoms with Gasteiger partial charge in [-0.05, 0) is 39.5 Å². The minimum atomic E-state index is -2.96. The number of allylic oxidation sites excluding steroid dienone is 1. The maximum atomic E-state index is 12.0. The molecule has 4 heteroatoms. The smallest absolute Gasteiger partial charge is 0.156 e. The zero-order chi connectivity index (χ0) is 12.0. The molecule has 2 heterocycles. The minimum absolute atomic E-state index is 0.319. The molecule has 1 N–H and O–H groups in total. The summed E-state index contributed by atoms with van der Waals surface area (Å²) < 4.78 is 24.1. The predicted molar refractivity (Wildman–Crippen MR) is 64.0 cm³/mol. The molecule has 2 bridgehead atoms. The maximum Gasteiger partial charge on any atom is 0.156 e. The first-order valence-electron chi connectivity index (χ1n) is 5.95. The van der Waals surface area contributed by atoms with Crippen molar-refractivity contribution < 1.29 is 13.5 Å². The Bertz CT molecular complexity index is 384. The average Bonchev–Trinajstić information content (AvgIpc) is 2.06. The Kier molecular flexibility index (Phi) is 2.91. The van der Waals surface area contributed by atoms with Crippen molar-refractivity contribution in [3.05, 3.63) is 11.6 Å². The largest absolute Gasteiger partial charge is 0.386 e. The van der Waals surface area contributed by atoms with Crippen molar-refractivity contribution in [3.63, 3.8) is 0 Å². The molecule has 0 aromatic heterocycles. The van der Waals surface area contributed by atoms with E-state index in [0.717, 1.165) is 24.8 Å². The van der Waals surface area contributed by atoms with Crippen molar-refractivity contribution in [2.45, 2.75) is 62.1 Å². The number of sulfone groups is 1. The van der Waals surface area contributed by atoms with E-state index >= 15 is 0 Å². The van der Waals surface area contributed by atoms with Crippen LogP contribution >= 0.6 is 0 Å². The van der Waals surface area contributed by atoms with E-state index in [4.69, 9.17) is 0 Å². The summed E-state index contributed by atoms with van der Waals surface area (Å²) in [5.41, 5.74) is 0.166. The molecule has 3 nitrogen and oxygen atoms in total. The fraction of sp³-hybridized carbons (Fsp3) is 0.833. The molecule has 0 aliphatic carbocycles. The molecule has 0 saturated carbocycles. The molecule has 2 unspecified atom stereocenters. The Morgan fingerprint density at radius 1 is 1.25 bits per heavy atom. The quantitative estimate of drug-likeness (QED) is 0.716. The molecule has 2 aliphatic rings. The molecule has 2 atom stereocenters. The van der Waals surface area contributed by atoms with Crippen molar-refractivity contribution in [3.8, 4) is 0 Å². The fourth-order valence-electron chi connectivity index (χ4n) is 3.14. The van der Waals surface area contributed by atoms with Crippen molar-refractivity contribution in [1.82, 2.24) is 0 Å². The molecular weight excluding hydrogens is 224 g/mol. The lowest BCUT2D eigenvalue weighted by Gasteiger charge is -2.42. The van der Waals surface area contributed by atoms with Crippen molar-refractivity contribution in [2.75, 3.05) is 0 Å². The summed E-state index contributed by atoms with van der Waals surface area (Å²) in [5, 5.41) is 9.80. The van der Waals surface area contributed by atoms with Crippen LogP contribution in [0.1, 0.15) is 46.0 Å². The highest BCUT2D eigenvalue weighted by Crippen LogP contribution is 2.42. The lowest BCUT2D eigenvalue weighted by Crippen LogP contribution is -2.51. The molecule has 2 rings (SSSR count). The van der Waals surface area contributed by atoms with E-state index in [-0.39, 0.29) is 10.5 Å². The zero-order valence-corrected chi connectivity index (χ0v) is 10.8. The van der Waals surface area contributed by atoms with Gasteiger partial charge in [-0.25, -0.2) is 8.42 Å². The summed E-state index contributed by atoms with van der Waals surface area (Å²) in [7, 11) is -2.96. The summed E-state index contributed by atoms with van der Waals surface area (Å²) in [4.78, 5) is 0. The SMILES string of the molecule is CC(C)=CC1(O)CC2CCCC(C1)S2(=O)=O. The van der Waals surface area contributed by atoms with Gasteiger partial charge in [0.25, 0.3) is 0 Å². The summed E-state index contributed by atoms with van der Waals surface area (Å²) in [6, 6.07) is 0. The molecule has 2 saturated heterocycles. The standard InChI is InChI=1S/C12H20O3S/c1-9(2)6-12(13)7-10-4-3-5-11(8-12)16(10,14)15/h6,10-11,13H,3-5,7-8H2,1-2H3. The second-order valence-electron chi connectivity index (χ2n) is 5.50. The van der Waals surface area contributed by atoms with Crippen molar-refractivity contribution >= 4 is 9.84 Å². The minimum Gasteiger partial charge on any atom is -0.386 e. The Labute approximate surface area is 97.5 Å². The van der Waals surface area contributed by atoms with E-state index in [2.05, 4.69) is 0 Å². The van der Waals surface area contributed by atoms with Gasteiger partial charge in [0.15, 0.2) is 9.84 Å². The van der Waals surface area contributed by atoms with E-state index in [0.29, 0.717) is 12.8 Å². The second kappa shape index (κ2) is 3.84. The van der Waals surface area contributed by atoms with Gasteiger partial charge in [0, 0.05) is 0 Å². The van der Waals surface area contributed by atoms with Gasteiger partial charge in [-0.1, -0.05) is 18.1 Å². The molecular formula is C12H20O3S. The average molecular weight is 244 g/mol. The Hall–Kier alpha value is -0.350. The first kappa shape index (κ1) is 12.1. The fourth-order valence-corrected chi connectivity index (χ4v) is 5.71. The van der Waals surface area contributed by atoms with Crippen LogP contribution in [0.2, 0.25) is 0 Å². The number of fused-ring (bicyclic) bond motifs is 2. The molecule has 0 spiro atoms. The summed E-state index contributed by atoms with van der Waals surface area (Å²) in [5.74, 6) is 0. The van der Waals surface area contributed by atoms with E-state index in [1.54, 1.807) is 0 Å². The Morgan fingerprint density at radius 2 is 1.75 bits per heavy atom. The van der Waals surface area contributed by atoms with Crippen LogP contribution in [-0.2, 0) is 9.84 Å². The molecule has 0 aromatic rings. The second-order valence-corrected chi connectivity index (χ2v) is 8.01. The molecule has 0 amide bonds. The number of hydrogen-bond donors (Lipinski definition) is 1. The predicted octanol–water partition coefficient (Wildman–Crippen LogP) is 1.81.